The summed E-state index contributed by atoms with van der Waals surface area (Å²) in [4.78, 5) is 0. The van der Waals surface area contributed by atoms with E-state index in [1.807, 2.05) is 6.92 Å². The second-order valence-corrected chi connectivity index (χ2v) is 3.36. The average Bonchev–Trinajstić information content (AvgIpc) is 2.10. The molecule has 0 aliphatic rings. The predicted octanol–water partition coefficient (Wildman–Crippen LogP) is 4.16. The monoisotopic (exact) mass is 240 g/mol. The van der Waals surface area contributed by atoms with Gasteiger partial charge in [0.05, 0.1) is 5.02 Å². The zero-order valence-electron chi connectivity index (χ0n) is 7.36. The fourth-order valence-electron chi connectivity index (χ4n) is 1.09. The molecule has 0 fully saturated rings. The summed E-state index contributed by atoms with van der Waals surface area (Å²) in [5, 5.41) is 0.611. The molecular weight excluding hydrogens is 233 g/mol. The number of rotatable bonds is 3. The van der Waals surface area contributed by atoms with Crippen LogP contribution in [-0.2, 0) is 6.42 Å². The van der Waals surface area contributed by atoms with Gasteiger partial charge in [-0.15, -0.1) is 0 Å². The highest BCUT2D eigenvalue weighted by Gasteiger charge is 2.13. The average molecular weight is 241 g/mol. The van der Waals surface area contributed by atoms with Crippen LogP contribution < -0.4 is 4.74 Å². The standard InChI is InChI=1S/C9H8Cl2F2O/c1-2-5-6(10)3-4-7(8(5)11)14-9(12)13/h3-4,9H,2H2,1H3. The number of ether oxygens (including phenoxy) is 1. The molecule has 0 heterocycles. The Morgan fingerprint density at radius 3 is 2.50 bits per heavy atom. The van der Waals surface area contributed by atoms with Crippen LogP contribution in [0.1, 0.15) is 12.5 Å². The first-order chi connectivity index (χ1) is 6.56. The molecule has 0 unspecified atom stereocenters. The van der Waals surface area contributed by atoms with Crippen LogP contribution in [0.25, 0.3) is 0 Å². The van der Waals surface area contributed by atoms with Crippen molar-refractivity contribution < 1.29 is 13.5 Å². The van der Waals surface area contributed by atoms with Gasteiger partial charge in [-0.25, -0.2) is 0 Å². The first-order valence-electron chi connectivity index (χ1n) is 3.98. The van der Waals surface area contributed by atoms with Crippen molar-refractivity contribution in [3.63, 3.8) is 0 Å². The molecule has 14 heavy (non-hydrogen) atoms. The van der Waals surface area contributed by atoms with Gasteiger partial charge in [-0.1, -0.05) is 30.1 Å². The SMILES string of the molecule is CCc1c(Cl)ccc(OC(F)F)c1Cl. The lowest BCUT2D eigenvalue weighted by atomic mass is 10.1. The molecule has 0 N–H and O–H groups in total. The summed E-state index contributed by atoms with van der Waals surface area (Å²) in [7, 11) is 0. The Hall–Kier alpha value is -0.540. The lowest BCUT2D eigenvalue weighted by Gasteiger charge is -2.10. The van der Waals surface area contributed by atoms with Gasteiger partial charge >= 0.3 is 6.61 Å². The summed E-state index contributed by atoms with van der Waals surface area (Å²) < 4.78 is 28.1. The highest BCUT2D eigenvalue weighted by Crippen LogP contribution is 2.34. The van der Waals surface area contributed by atoms with Gasteiger partial charge in [-0.05, 0) is 24.1 Å². The molecule has 1 aromatic rings. The summed E-state index contributed by atoms with van der Waals surface area (Å²) in [6.07, 6.45) is 0.568. The topological polar surface area (TPSA) is 9.23 Å². The molecule has 1 aromatic carbocycles. The first-order valence-corrected chi connectivity index (χ1v) is 4.73. The van der Waals surface area contributed by atoms with E-state index in [0.29, 0.717) is 17.0 Å². The molecule has 78 valence electrons. The van der Waals surface area contributed by atoms with Crippen LogP contribution in [0.4, 0.5) is 8.78 Å². The van der Waals surface area contributed by atoms with E-state index in [4.69, 9.17) is 23.2 Å². The molecule has 0 radical (unpaired) electrons. The summed E-state index contributed by atoms with van der Waals surface area (Å²) in [6, 6.07) is 2.82. The molecule has 0 bridgehead atoms. The van der Waals surface area contributed by atoms with E-state index < -0.39 is 6.61 Å². The van der Waals surface area contributed by atoms with Crippen LogP contribution in [0, 0.1) is 0 Å². The first kappa shape index (κ1) is 11.5. The maximum atomic E-state index is 11.9. The number of hydrogen-bond donors (Lipinski definition) is 0. The van der Waals surface area contributed by atoms with Gasteiger partial charge in [0.1, 0.15) is 5.75 Å². The minimum absolute atomic E-state index is 0.0390. The van der Waals surface area contributed by atoms with Gasteiger partial charge in [0.15, 0.2) is 0 Å². The summed E-state index contributed by atoms with van der Waals surface area (Å²) in [6.45, 7) is -1.04. The van der Waals surface area contributed by atoms with E-state index in [1.54, 1.807) is 0 Å². The summed E-state index contributed by atoms with van der Waals surface area (Å²) in [5.74, 6) is -0.0390. The van der Waals surface area contributed by atoms with Crippen molar-refractivity contribution in [2.45, 2.75) is 20.0 Å². The van der Waals surface area contributed by atoms with Crippen LogP contribution in [0.2, 0.25) is 10.0 Å². The predicted molar refractivity (Wildman–Crippen MR) is 52.5 cm³/mol. The maximum Gasteiger partial charge on any atom is 0.387 e. The summed E-state index contributed by atoms with van der Waals surface area (Å²) >= 11 is 11.6. The molecule has 0 aromatic heterocycles. The van der Waals surface area contributed by atoms with Crippen molar-refractivity contribution in [2.75, 3.05) is 0 Å². The van der Waals surface area contributed by atoms with Gasteiger partial charge in [-0.2, -0.15) is 8.78 Å². The van der Waals surface area contributed by atoms with E-state index in [-0.39, 0.29) is 10.8 Å². The second-order valence-electron chi connectivity index (χ2n) is 2.57. The molecular formula is C9H8Cl2F2O. The number of halogens is 4. The fraction of sp³-hybridized carbons (Fsp3) is 0.333. The lowest BCUT2D eigenvalue weighted by Crippen LogP contribution is -2.03. The number of alkyl halides is 2. The molecule has 0 amide bonds. The highest BCUT2D eigenvalue weighted by atomic mass is 35.5. The molecule has 0 aliphatic heterocycles. The van der Waals surface area contributed by atoms with Gasteiger partial charge < -0.3 is 4.74 Å². The third kappa shape index (κ3) is 2.49. The smallest absolute Gasteiger partial charge is 0.387 e. The highest BCUT2D eigenvalue weighted by molar-refractivity contribution is 6.36. The van der Waals surface area contributed by atoms with Crippen molar-refractivity contribution in [1.82, 2.24) is 0 Å². The third-order valence-electron chi connectivity index (χ3n) is 1.72. The van der Waals surface area contributed by atoms with E-state index in [0.717, 1.165) is 0 Å². The van der Waals surface area contributed by atoms with E-state index in [2.05, 4.69) is 4.74 Å². The van der Waals surface area contributed by atoms with Crippen molar-refractivity contribution in [3.05, 3.63) is 27.7 Å². The molecule has 1 rings (SSSR count). The minimum atomic E-state index is -2.88. The Bertz CT molecular complexity index is 329. The molecule has 0 saturated heterocycles. The Morgan fingerprint density at radius 1 is 1.36 bits per heavy atom. The zero-order chi connectivity index (χ0) is 10.7. The van der Waals surface area contributed by atoms with Gasteiger partial charge in [-0.3, -0.25) is 0 Å². The van der Waals surface area contributed by atoms with Crippen molar-refractivity contribution >= 4 is 23.2 Å². The van der Waals surface area contributed by atoms with Crippen LogP contribution in [0.5, 0.6) is 5.75 Å². The van der Waals surface area contributed by atoms with Gasteiger partial charge in [0.2, 0.25) is 0 Å². The second kappa shape index (κ2) is 4.80. The van der Waals surface area contributed by atoms with Crippen molar-refractivity contribution in [1.29, 1.82) is 0 Å². The van der Waals surface area contributed by atoms with Crippen LogP contribution >= 0.6 is 23.2 Å². The Kier molecular flexibility index (Phi) is 3.96. The molecule has 0 spiro atoms. The number of hydrogen-bond acceptors (Lipinski definition) is 1. The lowest BCUT2D eigenvalue weighted by molar-refractivity contribution is -0.0498. The van der Waals surface area contributed by atoms with Crippen LogP contribution in [-0.4, -0.2) is 6.61 Å². The largest absolute Gasteiger partial charge is 0.433 e. The summed E-state index contributed by atoms with van der Waals surface area (Å²) in [5.41, 5.74) is 0.617. The molecule has 0 atom stereocenters. The fourth-order valence-corrected chi connectivity index (χ4v) is 1.77. The van der Waals surface area contributed by atoms with E-state index in [9.17, 15) is 8.78 Å². The van der Waals surface area contributed by atoms with E-state index in [1.165, 1.54) is 12.1 Å². The van der Waals surface area contributed by atoms with Crippen LogP contribution in [0.3, 0.4) is 0 Å². The van der Waals surface area contributed by atoms with Gasteiger partial charge in [0, 0.05) is 5.02 Å². The molecule has 0 aliphatic carbocycles. The quantitative estimate of drug-likeness (QED) is 0.772. The van der Waals surface area contributed by atoms with Crippen molar-refractivity contribution in [3.8, 4) is 5.75 Å². The van der Waals surface area contributed by atoms with Crippen molar-refractivity contribution in [2.24, 2.45) is 0 Å². The van der Waals surface area contributed by atoms with Crippen LogP contribution in [0.15, 0.2) is 12.1 Å². The molecule has 0 saturated carbocycles. The number of benzene rings is 1. The van der Waals surface area contributed by atoms with E-state index >= 15 is 0 Å². The maximum absolute atomic E-state index is 11.9. The molecule has 5 heteroatoms. The Balaban J connectivity index is 3.08. The molecule has 1 nitrogen and oxygen atoms in total. The Morgan fingerprint density at radius 2 is 2.00 bits per heavy atom. The van der Waals surface area contributed by atoms with Gasteiger partial charge in [0.25, 0.3) is 0 Å². The third-order valence-corrected chi connectivity index (χ3v) is 2.49. The zero-order valence-corrected chi connectivity index (χ0v) is 8.87. The Labute approximate surface area is 90.6 Å². The normalized spacial score (nSPS) is 10.7. The minimum Gasteiger partial charge on any atom is -0.433 e.